The first kappa shape index (κ1) is 22.0. The largest absolute Gasteiger partial charge is 0.463 e. The van der Waals surface area contributed by atoms with E-state index in [-0.39, 0.29) is 35.2 Å². The van der Waals surface area contributed by atoms with Crippen molar-refractivity contribution in [2.24, 2.45) is 5.73 Å². The highest BCUT2D eigenvalue weighted by molar-refractivity contribution is 9.10. The molecule has 1 amide bonds. The summed E-state index contributed by atoms with van der Waals surface area (Å²) in [5, 5.41) is 20.0. The Bertz CT molecular complexity index is 1130. The summed E-state index contributed by atoms with van der Waals surface area (Å²) in [7, 11) is 0. The van der Waals surface area contributed by atoms with Crippen LogP contribution in [0.1, 0.15) is 32.3 Å². The van der Waals surface area contributed by atoms with Crippen LogP contribution in [0.4, 0.5) is 11.6 Å². The zero-order valence-electron chi connectivity index (χ0n) is 17.0. The molecule has 10 nitrogen and oxygen atoms in total. The molecular weight excluding hydrogens is 468 g/mol. The van der Waals surface area contributed by atoms with Crippen molar-refractivity contribution >= 4 is 39.4 Å². The van der Waals surface area contributed by atoms with Crippen LogP contribution in [0.5, 0.6) is 0 Å². The van der Waals surface area contributed by atoms with Gasteiger partial charge in [-0.05, 0) is 41.9 Å². The number of aromatic nitrogens is 2. The lowest BCUT2D eigenvalue weighted by atomic mass is 9.81. The number of allylic oxidation sites excluding steroid dienone is 2. The number of nitrogens with two attached hydrogens (primary N) is 1. The molecule has 2 aromatic rings. The monoisotopic (exact) mass is 486 g/mol. The molecule has 0 bridgehead atoms. The average Bonchev–Trinajstić information content (AvgIpc) is 3.15. The molecule has 2 heterocycles. The van der Waals surface area contributed by atoms with Gasteiger partial charge < -0.3 is 15.8 Å². The normalized spacial score (nSPS) is 16.2. The summed E-state index contributed by atoms with van der Waals surface area (Å²) in [5.74, 6) is -1.69. The van der Waals surface area contributed by atoms with Gasteiger partial charge in [-0.25, -0.2) is 9.42 Å². The number of hydrogen-bond donors (Lipinski definition) is 2. The van der Waals surface area contributed by atoms with Gasteiger partial charge in [0.1, 0.15) is 5.82 Å². The number of nitrogens with zero attached hydrogens (tertiary/aromatic N) is 4. The van der Waals surface area contributed by atoms with Gasteiger partial charge >= 0.3 is 5.97 Å². The van der Waals surface area contributed by atoms with Crippen molar-refractivity contribution in [3.8, 4) is 6.07 Å². The van der Waals surface area contributed by atoms with Crippen molar-refractivity contribution < 1.29 is 19.0 Å². The van der Waals surface area contributed by atoms with E-state index in [1.54, 1.807) is 38.1 Å². The van der Waals surface area contributed by atoms with Gasteiger partial charge in [0, 0.05) is 17.1 Å². The van der Waals surface area contributed by atoms with Gasteiger partial charge in [-0.2, -0.15) is 5.26 Å². The van der Waals surface area contributed by atoms with Crippen LogP contribution in [0, 0.1) is 11.3 Å². The molecule has 0 aliphatic carbocycles. The Morgan fingerprint density at radius 1 is 1.35 bits per heavy atom. The number of halogens is 1. The highest BCUT2D eigenvalue weighted by Crippen LogP contribution is 2.43. The van der Waals surface area contributed by atoms with Gasteiger partial charge in [-0.1, -0.05) is 28.1 Å². The molecule has 160 valence electrons. The van der Waals surface area contributed by atoms with E-state index in [1.165, 1.54) is 11.8 Å². The number of carbonyl (C=O) groups excluding carboxylic acids is 2. The first-order valence-electron chi connectivity index (χ1n) is 9.23. The molecule has 1 atom stereocenters. The molecule has 1 aromatic heterocycles. The summed E-state index contributed by atoms with van der Waals surface area (Å²) < 4.78 is 10.9. The van der Waals surface area contributed by atoms with Gasteiger partial charge in [0.15, 0.2) is 0 Å². The summed E-state index contributed by atoms with van der Waals surface area (Å²) in [5.41, 5.74) is 7.76. The minimum Gasteiger partial charge on any atom is -0.463 e. The molecule has 3 N–H and O–H groups in total. The maximum atomic E-state index is 13.0. The first-order chi connectivity index (χ1) is 14.8. The zero-order valence-corrected chi connectivity index (χ0v) is 18.6. The molecule has 0 saturated heterocycles. The molecule has 11 heteroatoms. The number of amides is 1. The summed E-state index contributed by atoms with van der Waals surface area (Å²) in [6, 6.07) is 9.31. The number of anilines is 2. The summed E-state index contributed by atoms with van der Waals surface area (Å²) in [6.07, 6.45) is 0. The number of hydrogen-bond acceptors (Lipinski definition) is 9. The highest BCUT2D eigenvalue weighted by Gasteiger charge is 2.40. The third-order valence-corrected chi connectivity index (χ3v) is 5.14. The topological polar surface area (TPSA) is 147 Å². The van der Waals surface area contributed by atoms with Crippen molar-refractivity contribution in [3.05, 3.63) is 57.0 Å². The lowest BCUT2D eigenvalue weighted by molar-refractivity contribution is -0.138. The Kier molecular flexibility index (Phi) is 6.41. The van der Waals surface area contributed by atoms with Crippen LogP contribution in [0.15, 0.2) is 56.0 Å². The minimum absolute atomic E-state index is 0.00242. The molecule has 1 aromatic carbocycles. The van der Waals surface area contributed by atoms with Crippen LogP contribution in [0.25, 0.3) is 0 Å². The molecular formula is C20H19BrN6O4. The predicted octanol–water partition coefficient (Wildman–Crippen LogP) is 2.93. The van der Waals surface area contributed by atoms with Crippen molar-refractivity contribution in [1.29, 1.82) is 5.26 Å². The molecule has 1 aliphatic heterocycles. The third-order valence-electron chi connectivity index (χ3n) is 4.62. The van der Waals surface area contributed by atoms with E-state index in [9.17, 15) is 14.9 Å². The second kappa shape index (κ2) is 9.01. The Labute approximate surface area is 186 Å². The van der Waals surface area contributed by atoms with Gasteiger partial charge in [-0.15, -0.1) is 0 Å². The summed E-state index contributed by atoms with van der Waals surface area (Å²) in [6.45, 7) is 4.78. The van der Waals surface area contributed by atoms with Crippen LogP contribution in [-0.4, -0.2) is 28.8 Å². The Balaban J connectivity index is 2.25. The van der Waals surface area contributed by atoms with E-state index >= 15 is 0 Å². The Hall–Kier alpha value is -3.65. The van der Waals surface area contributed by atoms with Gasteiger partial charge in [0.05, 0.1) is 29.7 Å². The number of nitrogens with one attached hydrogen (secondary N) is 1. The molecule has 0 saturated carbocycles. The fraction of sp³-hybridized carbons (Fsp3) is 0.250. The van der Waals surface area contributed by atoms with Crippen molar-refractivity contribution in [3.63, 3.8) is 0 Å². The maximum absolute atomic E-state index is 13.0. The lowest BCUT2D eigenvalue weighted by Gasteiger charge is -2.34. The molecule has 0 spiro atoms. The first-order valence-corrected chi connectivity index (χ1v) is 10.0. The fourth-order valence-electron chi connectivity index (χ4n) is 3.36. The number of ether oxygens (including phenoxy) is 1. The second-order valence-corrected chi connectivity index (χ2v) is 7.48. The molecule has 1 aliphatic rings. The Morgan fingerprint density at radius 3 is 2.61 bits per heavy atom. The van der Waals surface area contributed by atoms with E-state index in [1.807, 2.05) is 0 Å². The number of carbonyl (C=O) groups is 2. The molecule has 0 radical (unpaired) electrons. The van der Waals surface area contributed by atoms with E-state index in [0.717, 1.165) is 4.47 Å². The summed E-state index contributed by atoms with van der Waals surface area (Å²) in [4.78, 5) is 25.9. The van der Waals surface area contributed by atoms with Crippen molar-refractivity contribution in [1.82, 2.24) is 10.3 Å². The number of nitriles is 1. The predicted molar refractivity (Wildman–Crippen MR) is 114 cm³/mol. The quantitative estimate of drug-likeness (QED) is 0.608. The van der Waals surface area contributed by atoms with E-state index in [4.69, 9.17) is 15.1 Å². The van der Waals surface area contributed by atoms with E-state index in [0.29, 0.717) is 11.3 Å². The Morgan fingerprint density at radius 2 is 2.03 bits per heavy atom. The lowest BCUT2D eigenvalue weighted by Crippen LogP contribution is -2.37. The van der Waals surface area contributed by atoms with Gasteiger partial charge in [0.2, 0.25) is 17.5 Å². The molecule has 1 unspecified atom stereocenters. The maximum Gasteiger partial charge on any atom is 0.336 e. The number of benzene rings is 1. The van der Waals surface area contributed by atoms with Crippen LogP contribution in [0.2, 0.25) is 0 Å². The SMILES string of the molecule is CCOC(=O)C1=C(C)N(c2nonc2NC(C)=O)C(N)=C(C#N)C1c1ccc(Br)cc1. The van der Waals surface area contributed by atoms with Crippen LogP contribution in [0.3, 0.4) is 0 Å². The smallest absolute Gasteiger partial charge is 0.336 e. The van der Waals surface area contributed by atoms with Crippen LogP contribution < -0.4 is 16.0 Å². The molecule has 31 heavy (non-hydrogen) atoms. The summed E-state index contributed by atoms with van der Waals surface area (Å²) >= 11 is 3.38. The van der Waals surface area contributed by atoms with E-state index in [2.05, 4.69) is 37.6 Å². The zero-order chi connectivity index (χ0) is 22.7. The van der Waals surface area contributed by atoms with Crippen molar-refractivity contribution in [2.75, 3.05) is 16.8 Å². The minimum atomic E-state index is -0.752. The van der Waals surface area contributed by atoms with Crippen LogP contribution >= 0.6 is 15.9 Å². The molecule has 3 rings (SSSR count). The van der Waals surface area contributed by atoms with Crippen LogP contribution in [-0.2, 0) is 14.3 Å². The van der Waals surface area contributed by atoms with Gasteiger partial charge in [-0.3, -0.25) is 9.69 Å². The molecule has 0 fully saturated rings. The second-order valence-electron chi connectivity index (χ2n) is 6.57. The van der Waals surface area contributed by atoms with Gasteiger partial charge in [0.25, 0.3) is 0 Å². The number of rotatable bonds is 5. The van der Waals surface area contributed by atoms with Crippen molar-refractivity contribution in [2.45, 2.75) is 26.7 Å². The van der Waals surface area contributed by atoms with E-state index < -0.39 is 17.8 Å². The average molecular weight is 487 g/mol. The highest BCUT2D eigenvalue weighted by atomic mass is 79.9. The number of esters is 1. The fourth-order valence-corrected chi connectivity index (χ4v) is 3.62. The third kappa shape index (κ3) is 4.15. The standard InChI is InChI=1S/C20H19BrN6O4/c1-4-30-20(29)15-10(2)27(19-18(24-11(3)28)25-31-26-19)17(23)14(9-22)16(15)12-5-7-13(21)8-6-12/h5-8,16H,4,23H2,1-3H3,(H,24,25,28).